The van der Waals surface area contributed by atoms with E-state index < -0.39 is 15.8 Å². The molecule has 1 aromatic carbocycles. The van der Waals surface area contributed by atoms with Gasteiger partial charge in [-0.3, -0.25) is 4.79 Å². The molecule has 0 unspecified atom stereocenters. The van der Waals surface area contributed by atoms with Gasteiger partial charge in [0.05, 0.1) is 14.2 Å². The van der Waals surface area contributed by atoms with Crippen LogP contribution in [0.3, 0.4) is 0 Å². The number of hydrogen-bond donors (Lipinski definition) is 1. The lowest BCUT2D eigenvalue weighted by molar-refractivity contribution is -0.136. The molecule has 106 valence electrons. The highest BCUT2D eigenvalue weighted by Crippen LogP contribution is 2.37. The van der Waals surface area contributed by atoms with E-state index >= 15 is 0 Å². The van der Waals surface area contributed by atoms with Gasteiger partial charge in [0.15, 0.2) is 21.3 Å². The van der Waals surface area contributed by atoms with E-state index in [1.807, 2.05) is 0 Å². The van der Waals surface area contributed by atoms with Gasteiger partial charge in [-0.25, -0.2) is 8.42 Å². The lowest BCUT2D eigenvalue weighted by atomic mass is 10.1. The van der Waals surface area contributed by atoms with Crippen molar-refractivity contribution in [1.82, 2.24) is 0 Å². The molecule has 0 aromatic heterocycles. The fraction of sp³-hybridized carbons (Fsp3) is 0.417. The van der Waals surface area contributed by atoms with Crippen LogP contribution in [0.2, 0.25) is 0 Å². The van der Waals surface area contributed by atoms with E-state index in [-0.39, 0.29) is 29.2 Å². The molecule has 1 aromatic rings. The van der Waals surface area contributed by atoms with Crippen LogP contribution < -0.4 is 9.47 Å². The Bertz CT molecular complexity index is 576. The number of carboxylic acid groups (broad SMARTS) is 1. The van der Waals surface area contributed by atoms with Gasteiger partial charge in [-0.1, -0.05) is 6.07 Å². The summed E-state index contributed by atoms with van der Waals surface area (Å²) in [6, 6.07) is 2.94. The first-order chi connectivity index (χ1) is 8.81. The Morgan fingerprint density at radius 1 is 1.21 bits per heavy atom. The smallest absolute Gasteiger partial charge is 0.303 e. The molecule has 0 atom stereocenters. The van der Waals surface area contributed by atoms with Crippen molar-refractivity contribution in [2.45, 2.75) is 17.7 Å². The van der Waals surface area contributed by atoms with Gasteiger partial charge >= 0.3 is 5.97 Å². The number of methoxy groups -OCH3 is 2. The Kier molecular flexibility index (Phi) is 4.77. The van der Waals surface area contributed by atoms with Crippen LogP contribution in [0.4, 0.5) is 0 Å². The summed E-state index contributed by atoms with van der Waals surface area (Å²) in [5, 5.41) is 8.68. The summed E-state index contributed by atoms with van der Waals surface area (Å²) in [7, 11) is -0.724. The third-order valence-corrected chi connectivity index (χ3v) is 3.69. The van der Waals surface area contributed by atoms with Gasteiger partial charge in [0.1, 0.15) is 4.90 Å². The zero-order valence-corrected chi connectivity index (χ0v) is 11.8. The Labute approximate surface area is 111 Å². The number of aryl methyl sites for hydroxylation is 1. The summed E-state index contributed by atoms with van der Waals surface area (Å²) >= 11 is 0. The summed E-state index contributed by atoms with van der Waals surface area (Å²) < 4.78 is 33.5. The average Bonchev–Trinajstić information content (AvgIpc) is 2.33. The molecule has 0 heterocycles. The highest BCUT2D eigenvalue weighted by atomic mass is 32.2. The molecule has 1 N–H and O–H groups in total. The zero-order chi connectivity index (χ0) is 14.6. The quantitative estimate of drug-likeness (QED) is 0.843. The molecule has 1 rings (SSSR count). The molecule has 0 saturated carbocycles. The molecule has 0 aliphatic heterocycles. The summed E-state index contributed by atoms with van der Waals surface area (Å²) in [5.74, 6) is -0.576. The fourth-order valence-electron chi connectivity index (χ4n) is 1.73. The van der Waals surface area contributed by atoms with E-state index in [2.05, 4.69) is 0 Å². The maximum Gasteiger partial charge on any atom is 0.303 e. The summed E-state index contributed by atoms with van der Waals surface area (Å²) in [5.41, 5.74) is 0.592. The zero-order valence-electron chi connectivity index (χ0n) is 11.0. The first-order valence-corrected chi connectivity index (χ1v) is 7.36. The molecule has 0 spiro atoms. The molecule has 6 nitrogen and oxygen atoms in total. The van der Waals surface area contributed by atoms with Crippen LogP contribution in [0.5, 0.6) is 11.5 Å². The molecular weight excluding hydrogens is 272 g/mol. The fourth-order valence-corrected chi connectivity index (χ4v) is 2.56. The summed E-state index contributed by atoms with van der Waals surface area (Å²) in [6.07, 6.45) is 1.23. The van der Waals surface area contributed by atoms with Crippen LogP contribution in [0.1, 0.15) is 12.0 Å². The largest absolute Gasteiger partial charge is 0.493 e. The van der Waals surface area contributed by atoms with Crippen molar-refractivity contribution in [3.8, 4) is 11.5 Å². The minimum Gasteiger partial charge on any atom is -0.493 e. The molecule has 0 saturated heterocycles. The van der Waals surface area contributed by atoms with E-state index in [1.54, 1.807) is 6.07 Å². The average molecular weight is 288 g/mol. The number of ether oxygens (including phenoxy) is 2. The molecule has 0 fully saturated rings. The standard InChI is InChI=1S/C12H16O6S/c1-17-11-8(5-7-10(13)14)4-6-9(12(11)18-2)19(3,15)16/h4,6H,5,7H2,1-3H3,(H,13,14). The van der Waals surface area contributed by atoms with Gasteiger partial charge in [0, 0.05) is 12.7 Å². The first-order valence-electron chi connectivity index (χ1n) is 5.47. The van der Waals surface area contributed by atoms with Crippen molar-refractivity contribution >= 4 is 15.8 Å². The van der Waals surface area contributed by atoms with Crippen LogP contribution in [-0.4, -0.2) is 40.0 Å². The van der Waals surface area contributed by atoms with E-state index in [1.165, 1.54) is 20.3 Å². The monoisotopic (exact) mass is 288 g/mol. The normalized spacial score (nSPS) is 11.1. The van der Waals surface area contributed by atoms with Gasteiger partial charge in [-0.15, -0.1) is 0 Å². The van der Waals surface area contributed by atoms with E-state index in [0.29, 0.717) is 5.56 Å². The summed E-state index contributed by atoms with van der Waals surface area (Å²) in [4.78, 5) is 10.6. The number of benzene rings is 1. The number of carboxylic acids is 1. The number of sulfone groups is 1. The Morgan fingerprint density at radius 2 is 1.79 bits per heavy atom. The van der Waals surface area contributed by atoms with Crippen molar-refractivity contribution < 1.29 is 27.8 Å². The van der Waals surface area contributed by atoms with Crippen LogP contribution >= 0.6 is 0 Å². The Balaban J connectivity index is 3.34. The third kappa shape index (κ3) is 3.60. The highest BCUT2D eigenvalue weighted by molar-refractivity contribution is 7.90. The molecular formula is C12H16O6S. The van der Waals surface area contributed by atoms with Gasteiger partial charge in [0.25, 0.3) is 0 Å². The van der Waals surface area contributed by atoms with Crippen molar-refractivity contribution in [2.75, 3.05) is 20.5 Å². The van der Waals surface area contributed by atoms with Crippen molar-refractivity contribution in [1.29, 1.82) is 0 Å². The van der Waals surface area contributed by atoms with E-state index in [0.717, 1.165) is 6.26 Å². The van der Waals surface area contributed by atoms with Crippen LogP contribution in [0.25, 0.3) is 0 Å². The van der Waals surface area contributed by atoms with Crippen molar-refractivity contribution in [2.24, 2.45) is 0 Å². The number of aliphatic carboxylic acids is 1. The second kappa shape index (κ2) is 5.92. The maximum atomic E-state index is 11.6. The minimum atomic E-state index is -3.45. The predicted octanol–water partition coefficient (Wildman–Crippen LogP) is 1.12. The van der Waals surface area contributed by atoms with Crippen LogP contribution in [-0.2, 0) is 21.1 Å². The Morgan fingerprint density at radius 3 is 2.21 bits per heavy atom. The second-order valence-corrected chi connectivity index (χ2v) is 5.94. The van der Waals surface area contributed by atoms with Crippen LogP contribution in [0, 0.1) is 0 Å². The lowest BCUT2D eigenvalue weighted by Gasteiger charge is -2.15. The molecule has 0 bridgehead atoms. The van der Waals surface area contributed by atoms with Gasteiger partial charge < -0.3 is 14.6 Å². The molecule has 0 aliphatic carbocycles. The first kappa shape index (κ1) is 15.3. The molecule has 7 heteroatoms. The van der Waals surface area contributed by atoms with Crippen molar-refractivity contribution in [3.05, 3.63) is 17.7 Å². The molecule has 0 aliphatic rings. The van der Waals surface area contributed by atoms with Crippen LogP contribution in [0.15, 0.2) is 17.0 Å². The number of carbonyl (C=O) groups is 1. The van der Waals surface area contributed by atoms with Gasteiger partial charge in [-0.2, -0.15) is 0 Å². The minimum absolute atomic E-state index is 0.0194. The van der Waals surface area contributed by atoms with Gasteiger partial charge in [-0.05, 0) is 18.1 Å². The Hall–Kier alpha value is -1.76. The van der Waals surface area contributed by atoms with E-state index in [9.17, 15) is 13.2 Å². The maximum absolute atomic E-state index is 11.6. The molecule has 0 amide bonds. The molecule has 19 heavy (non-hydrogen) atoms. The topological polar surface area (TPSA) is 89.9 Å². The predicted molar refractivity (Wildman–Crippen MR) is 68.6 cm³/mol. The molecule has 0 radical (unpaired) electrons. The highest BCUT2D eigenvalue weighted by Gasteiger charge is 2.21. The summed E-state index contributed by atoms with van der Waals surface area (Å²) in [6.45, 7) is 0. The second-order valence-electron chi connectivity index (χ2n) is 3.96. The van der Waals surface area contributed by atoms with E-state index in [4.69, 9.17) is 14.6 Å². The van der Waals surface area contributed by atoms with Crippen molar-refractivity contribution in [3.63, 3.8) is 0 Å². The number of rotatable bonds is 6. The van der Waals surface area contributed by atoms with Gasteiger partial charge in [0.2, 0.25) is 0 Å². The lowest BCUT2D eigenvalue weighted by Crippen LogP contribution is -2.06. The third-order valence-electron chi connectivity index (χ3n) is 2.57. The SMILES string of the molecule is COc1c(CCC(=O)O)ccc(S(C)(=O)=O)c1OC. The number of hydrogen-bond acceptors (Lipinski definition) is 5.